The summed E-state index contributed by atoms with van der Waals surface area (Å²) in [6.07, 6.45) is 6.13. The van der Waals surface area contributed by atoms with Crippen LogP contribution in [0.2, 0.25) is 0 Å². The van der Waals surface area contributed by atoms with Gasteiger partial charge in [0.05, 0.1) is 0 Å². The third-order valence-electron chi connectivity index (χ3n) is 2.34. The molecule has 1 N–H and O–H groups in total. The maximum Gasteiger partial charge on any atom is 0.184 e. The van der Waals surface area contributed by atoms with Crippen LogP contribution in [0.25, 0.3) is 0 Å². The van der Waals surface area contributed by atoms with Crippen LogP contribution >= 0.6 is 13.5 Å². The maximum atomic E-state index is 11.4. The van der Waals surface area contributed by atoms with E-state index in [1.54, 1.807) is 0 Å². The lowest BCUT2D eigenvalue weighted by Gasteiger charge is -2.17. The number of ketones is 1. The van der Waals surface area contributed by atoms with Gasteiger partial charge < -0.3 is 5.11 Å². The number of hydrogen-bond acceptors (Lipinski definition) is 2. The molecular weight excluding hydrogens is 172 g/mol. The first-order chi connectivity index (χ1) is 4.92. The Kier molecular flexibility index (Phi) is 3.00. The standard InChI is InChI=1S/C9H12O2.H2S/c1-4-9(11)6-5-8(2,3)7(9)10;/h1,11H,5-6H2,2-3H3;1H2/t9-;/m1./s1. The van der Waals surface area contributed by atoms with Crippen LogP contribution in [0.15, 0.2) is 0 Å². The molecule has 1 aliphatic carbocycles. The van der Waals surface area contributed by atoms with E-state index in [4.69, 9.17) is 6.42 Å². The van der Waals surface area contributed by atoms with Crippen molar-refractivity contribution >= 4 is 19.3 Å². The van der Waals surface area contributed by atoms with E-state index in [0.29, 0.717) is 12.8 Å². The second kappa shape index (κ2) is 3.12. The van der Waals surface area contributed by atoms with Gasteiger partial charge in [-0.05, 0) is 12.8 Å². The van der Waals surface area contributed by atoms with Gasteiger partial charge in [-0.2, -0.15) is 13.5 Å². The number of carbonyl (C=O) groups is 1. The molecule has 1 atom stereocenters. The summed E-state index contributed by atoms with van der Waals surface area (Å²) in [7, 11) is 0. The molecule has 0 aromatic carbocycles. The van der Waals surface area contributed by atoms with Gasteiger partial charge in [-0.3, -0.25) is 4.79 Å². The molecule has 2 nitrogen and oxygen atoms in total. The van der Waals surface area contributed by atoms with E-state index in [-0.39, 0.29) is 19.3 Å². The van der Waals surface area contributed by atoms with E-state index < -0.39 is 11.0 Å². The highest BCUT2D eigenvalue weighted by atomic mass is 32.1. The molecule has 1 aliphatic rings. The number of Topliss-reactive ketones (excluding diaryl/α,β-unsaturated/α-hetero) is 1. The minimum absolute atomic E-state index is 0. The summed E-state index contributed by atoms with van der Waals surface area (Å²) in [5, 5.41) is 9.52. The summed E-state index contributed by atoms with van der Waals surface area (Å²) >= 11 is 0. The fourth-order valence-corrected chi connectivity index (χ4v) is 1.42. The summed E-state index contributed by atoms with van der Waals surface area (Å²) < 4.78 is 0. The highest BCUT2D eigenvalue weighted by Crippen LogP contribution is 2.39. The fourth-order valence-electron chi connectivity index (χ4n) is 1.42. The third kappa shape index (κ3) is 1.50. The molecule has 0 radical (unpaired) electrons. The van der Waals surface area contributed by atoms with Crippen LogP contribution in [0.4, 0.5) is 0 Å². The molecule has 0 aromatic rings. The third-order valence-corrected chi connectivity index (χ3v) is 2.34. The van der Waals surface area contributed by atoms with E-state index in [0.717, 1.165) is 0 Å². The minimum atomic E-state index is -1.48. The van der Waals surface area contributed by atoms with Crippen molar-refractivity contribution in [1.29, 1.82) is 0 Å². The Morgan fingerprint density at radius 1 is 1.50 bits per heavy atom. The zero-order chi connectivity index (χ0) is 8.70. The smallest absolute Gasteiger partial charge is 0.184 e. The molecule has 12 heavy (non-hydrogen) atoms. The summed E-state index contributed by atoms with van der Waals surface area (Å²) in [6, 6.07) is 0. The molecule has 68 valence electrons. The molecule has 0 heterocycles. The van der Waals surface area contributed by atoms with Crippen molar-refractivity contribution in [3.05, 3.63) is 0 Å². The zero-order valence-electron chi connectivity index (χ0n) is 7.35. The first kappa shape index (κ1) is 11.5. The van der Waals surface area contributed by atoms with Crippen molar-refractivity contribution in [2.75, 3.05) is 0 Å². The second-order valence-corrected chi connectivity index (χ2v) is 3.72. The summed E-state index contributed by atoms with van der Waals surface area (Å²) in [6.45, 7) is 3.62. The Bertz CT molecular complexity index is 239. The van der Waals surface area contributed by atoms with Crippen molar-refractivity contribution in [1.82, 2.24) is 0 Å². The monoisotopic (exact) mass is 186 g/mol. The highest BCUT2D eigenvalue weighted by molar-refractivity contribution is 7.59. The van der Waals surface area contributed by atoms with E-state index >= 15 is 0 Å². The molecule has 0 aliphatic heterocycles. The normalized spacial score (nSPS) is 32.3. The SMILES string of the molecule is C#C[C@@]1(O)CCC(C)(C)C1=O.S. The molecule has 3 heteroatoms. The second-order valence-electron chi connectivity index (χ2n) is 3.72. The van der Waals surface area contributed by atoms with Gasteiger partial charge >= 0.3 is 0 Å². The van der Waals surface area contributed by atoms with Crippen molar-refractivity contribution in [2.24, 2.45) is 5.41 Å². The Morgan fingerprint density at radius 2 is 2.00 bits per heavy atom. The van der Waals surface area contributed by atoms with Crippen molar-refractivity contribution in [3.8, 4) is 12.3 Å². The average Bonchev–Trinajstić information content (AvgIpc) is 2.16. The molecule has 0 unspecified atom stereocenters. The molecule has 1 saturated carbocycles. The fraction of sp³-hybridized carbons (Fsp3) is 0.667. The first-order valence-corrected chi connectivity index (χ1v) is 3.67. The van der Waals surface area contributed by atoms with E-state index in [1.165, 1.54) is 0 Å². The van der Waals surface area contributed by atoms with Gasteiger partial charge in [0.1, 0.15) is 0 Å². The van der Waals surface area contributed by atoms with Crippen LogP contribution in [0.1, 0.15) is 26.7 Å². The Balaban J connectivity index is 0.00000121. The zero-order valence-corrected chi connectivity index (χ0v) is 8.35. The number of hydrogen-bond donors (Lipinski definition) is 1. The molecule has 0 spiro atoms. The lowest BCUT2D eigenvalue weighted by molar-refractivity contribution is -0.135. The van der Waals surface area contributed by atoms with Crippen LogP contribution in [-0.2, 0) is 4.79 Å². The average molecular weight is 186 g/mol. The van der Waals surface area contributed by atoms with Crippen molar-refractivity contribution in [3.63, 3.8) is 0 Å². The molecule has 1 fully saturated rings. The topological polar surface area (TPSA) is 37.3 Å². The Hall–Kier alpha value is -0.460. The quantitative estimate of drug-likeness (QED) is 0.570. The van der Waals surface area contributed by atoms with Gasteiger partial charge in [0, 0.05) is 5.41 Å². The van der Waals surface area contributed by atoms with E-state index in [2.05, 4.69) is 5.92 Å². The van der Waals surface area contributed by atoms with Crippen LogP contribution in [0, 0.1) is 17.8 Å². The van der Waals surface area contributed by atoms with Crippen LogP contribution < -0.4 is 0 Å². The molecule has 1 rings (SSSR count). The predicted molar refractivity (Wildman–Crippen MR) is 52.2 cm³/mol. The van der Waals surface area contributed by atoms with Crippen LogP contribution in [-0.4, -0.2) is 16.5 Å². The van der Waals surface area contributed by atoms with Crippen molar-refractivity contribution < 1.29 is 9.90 Å². The summed E-state index contributed by atoms with van der Waals surface area (Å²) in [5.41, 5.74) is -1.93. The minimum Gasteiger partial charge on any atom is -0.371 e. The first-order valence-electron chi connectivity index (χ1n) is 3.67. The Labute approximate surface area is 79.8 Å². The number of carbonyl (C=O) groups excluding carboxylic acids is 1. The lowest BCUT2D eigenvalue weighted by atomic mass is 9.88. The maximum absolute atomic E-state index is 11.4. The highest BCUT2D eigenvalue weighted by Gasteiger charge is 2.49. The lowest BCUT2D eigenvalue weighted by Crippen LogP contribution is -2.36. The predicted octanol–water partition coefficient (Wildman–Crippen LogP) is 0.853. The van der Waals surface area contributed by atoms with Gasteiger partial charge in [0.25, 0.3) is 0 Å². The molecule has 0 saturated heterocycles. The van der Waals surface area contributed by atoms with Crippen molar-refractivity contribution in [2.45, 2.75) is 32.3 Å². The summed E-state index contributed by atoms with van der Waals surface area (Å²) in [4.78, 5) is 11.4. The van der Waals surface area contributed by atoms with Gasteiger partial charge in [0.15, 0.2) is 11.4 Å². The number of terminal acetylenes is 1. The van der Waals surface area contributed by atoms with Crippen LogP contribution in [0.3, 0.4) is 0 Å². The van der Waals surface area contributed by atoms with E-state index in [1.807, 2.05) is 13.8 Å². The summed E-state index contributed by atoms with van der Waals surface area (Å²) in [5.74, 6) is 1.94. The van der Waals surface area contributed by atoms with Gasteiger partial charge in [-0.1, -0.05) is 19.8 Å². The number of aliphatic hydroxyl groups is 1. The molecule has 0 amide bonds. The van der Waals surface area contributed by atoms with Gasteiger partial charge in [0.2, 0.25) is 0 Å². The van der Waals surface area contributed by atoms with Crippen LogP contribution in [0.5, 0.6) is 0 Å². The largest absolute Gasteiger partial charge is 0.371 e. The molecular formula is C9H14O2S. The van der Waals surface area contributed by atoms with E-state index in [9.17, 15) is 9.90 Å². The number of rotatable bonds is 0. The van der Waals surface area contributed by atoms with Gasteiger partial charge in [-0.25, -0.2) is 0 Å². The Morgan fingerprint density at radius 3 is 2.17 bits per heavy atom. The molecule has 0 aromatic heterocycles. The van der Waals surface area contributed by atoms with Gasteiger partial charge in [-0.15, -0.1) is 6.42 Å². The molecule has 0 bridgehead atoms.